The highest BCUT2D eigenvalue weighted by Gasteiger charge is 2.23. The number of ether oxygens (including phenoxy) is 1. The number of halogens is 1. The van der Waals surface area contributed by atoms with Crippen LogP contribution in [0, 0.1) is 3.57 Å². The zero-order chi connectivity index (χ0) is 18.4. The van der Waals surface area contributed by atoms with Crippen LogP contribution in [0.25, 0.3) is 0 Å². The Morgan fingerprint density at radius 1 is 1.16 bits per heavy atom. The Hall–Kier alpha value is -1.80. The number of hydrogen-bond donors (Lipinski definition) is 2. The van der Waals surface area contributed by atoms with Crippen molar-refractivity contribution in [1.82, 2.24) is 5.48 Å². The molecule has 0 fully saturated rings. The number of aromatic hydroxyl groups is 1. The minimum atomic E-state index is -0.570. The molecule has 0 amide bonds. The first kappa shape index (κ1) is 19.5. The van der Waals surface area contributed by atoms with E-state index >= 15 is 0 Å². The summed E-state index contributed by atoms with van der Waals surface area (Å²) in [6.07, 6.45) is 0.728. The van der Waals surface area contributed by atoms with Crippen LogP contribution in [0.15, 0.2) is 42.5 Å². The second-order valence-electron chi connectivity index (χ2n) is 6.53. The van der Waals surface area contributed by atoms with Crippen LogP contribution in [-0.2, 0) is 11.2 Å². The van der Waals surface area contributed by atoms with E-state index in [2.05, 4.69) is 28.1 Å². The van der Waals surface area contributed by atoms with Crippen LogP contribution in [0.5, 0.6) is 11.5 Å². The van der Waals surface area contributed by atoms with E-state index in [1.165, 1.54) is 0 Å². The summed E-state index contributed by atoms with van der Waals surface area (Å²) in [5.74, 6) is 0.272. The van der Waals surface area contributed by atoms with Crippen molar-refractivity contribution >= 4 is 28.6 Å². The number of carbonyl (C=O) groups excluding carboxylic acids is 1. The molecule has 0 saturated carbocycles. The predicted molar refractivity (Wildman–Crippen MR) is 105 cm³/mol. The van der Waals surface area contributed by atoms with E-state index in [0.717, 1.165) is 15.6 Å². The van der Waals surface area contributed by atoms with Gasteiger partial charge in [0.15, 0.2) is 5.75 Å². The number of phenols is 1. The van der Waals surface area contributed by atoms with E-state index in [1.54, 1.807) is 18.2 Å². The third kappa shape index (κ3) is 6.21. The van der Waals surface area contributed by atoms with Crippen molar-refractivity contribution in [2.24, 2.45) is 0 Å². The number of rotatable bonds is 6. The maximum atomic E-state index is 12.4. The molecule has 25 heavy (non-hydrogen) atoms. The summed E-state index contributed by atoms with van der Waals surface area (Å²) in [6, 6.07) is 12.4. The quantitative estimate of drug-likeness (QED) is 0.298. The van der Waals surface area contributed by atoms with Gasteiger partial charge < -0.3 is 14.7 Å². The first-order valence-corrected chi connectivity index (χ1v) is 9.03. The van der Waals surface area contributed by atoms with Crippen molar-refractivity contribution in [2.45, 2.75) is 32.8 Å². The van der Waals surface area contributed by atoms with Crippen LogP contribution in [-0.4, -0.2) is 23.2 Å². The molecule has 0 radical (unpaired) electrons. The maximum absolute atomic E-state index is 12.4. The van der Waals surface area contributed by atoms with Crippen molar-refractivity contribution < 1.29 is 19.5 Å². The molecule has 0 aromatic heterocycles. The molecule has 2 aromatic carbocycles. The lowest BCUT2D eigenvalue weighted by atomic mass is 10.1. The van der Waals surface area contributed by atoms with Gasteiger partial charge in [-0.25, -0.2) is 4.79 Å². The minimum absolute atomic E-state index is 0.244. The summed E-state index contributed by atoms with van der Waals surface area (Å²) < 4.78 is 6.23. The molecule has 2 N–H and O–H groups in total. The molecule has 2 rings (SSSR count). The Balaban J connectivity index is 1.98. The smallest absolute Gasteiger partial charge is 0.343 e. The van der Waals surface area contributed by atoms with Crippen LogP contribution in [0.4, 0.5) is 0 Å². The molecule has 0 aliphatic rings. The van der Waals surface area contributed by atoms with Crippen molar-refractivity contribution in [2.75, 3.05) is 6.54 Å². The summed E-state index contributed by atoms with van der Waals surface area (Å²) in [5.41, 5.74) is 3.79. The predicted octanol–water partition coefficient (Wildman–Crippen LogP) is 4.08. The standard InChI is InChI=1S/C19H22INO4/c1-19(2,3)24-18(23)17-15(20)5-4-6-16(17)25-21-12-11-13-7-9-14(22)10-8-13/h4-10,21-22H,11-12H2,1-3H3. The zero-order valence-electron chi connectivity index (χ0n) is 14.5. The lowest BCUT2D eigenvalue weighted by Gasteiger charge is -2.21. The average Bonchev–Trinajstić information content (AvgIpc) is 2.51. The van der Waals surface area contributed by atoms with E-state index in [4.69, 9.17) is 9.57 Å². The Labute approximate surface area is 161 Å². The Morgan fingerprint density at radius 2 is 1.84 bits per heavy atom. The molecule has 6 heteroatoms. The Bertz CT molecular complexity index is 723. The molecule has 0 bridgehead atoms. The highest BCUT2D eigenvalue weighted by molar-refractivity contribution is 14.1. The van der Waals surface area contributed by atoms with Gasteiger partial charge in [-0.3, -0.25) is 0 Å². The van der Waals surface area contributed by atoms with Crippen LogP contribution >= 0.6 is 22.6 Å². The fourth-order valence-corrected chi connectivity index (χ4v) is 2.80. The molecule has 2 aromatic rings. The second-order valence-corrected chi connectivity index (χ2v) is 7.69. The van der Waals surface area contributed by atoms with Gasteiger partial charge in [0.1, 0.15) is 16.9 Å². The lowest BCUT2D eigenvalue weighted by Crippen LogP contribution is -2.26. The van der Waals surface area contributed by atoms with Gasteiger partial charge in [0.25, 0.3) is 0 Å². The Morgan fingerprint density at radius 3 is 2.48 bits per heavy atom. The van der Waals surface area contributed by atoms with Crippen molar-refractivity contribution in [3.05, 3.63) is 57.2 Å². The van der Waals surface area contributed by atoms with Crippen molar-refractivity contribution in [3.8, 4) is 11.5 Å². The van der Waals surface area contributed by atoms with E-state index in [0.29, 0.717) is 17.9 Å². The number of carbonyl (C=O) groups is 1. The van der Waals surface area contributed by atoms with Gasteiger partial charge in [-0.05, 0) is 79.6 Å². The fourth-order valence-electron chi connectivity index (χ4n) is 2.10. The van der Waals surface area contributed by atoms with Gasteiger partial charge in [0.05, 0.1) is 0 Å². The van der Waals surface area contributed by atoms with E-state index in [1.807, 2.05) is 45.0 Å². The lowest BCUT2D eigenvalue weighted by molar-refractivity contribution is 0.00620. The normalized spacial score (nSPS) is 11.2. The van der Waals surface area contributed by atoms with Crippen molar-refractivity contribution in [3.63, 3.8) is 0 Å². The van der Waals surface area contributed by atoms with E-state index < -0.39 is 11.6 Å². The maximum Gasteiger partial charge on any atom is 0.343 e. The first-order valence-electron chi connectivity index (χ1n) is 7.96. The SMILES string of the molecule is CC(C)(C)OC(=O)c1c(I)cccc1ONCCc1ccc(O)cc1. The summed E-state index contributed by atoms with van der Waals surface area (Å²) in [5, 5.41) is 9.28. The van der Waals surface area contributed by atoms with E-state index in [9.17, 15) is 9.90 Å². The molecule has 5 nitrogen and oxygen atoms in total. The molecule has 0 atom stereocenters. The number of benzene rings is 2. The number of hydrogen-bond acceptors (Lipinski definition) is 5. The van der Waals surface area contributed by atoms with Crippen LogP contribution in [0.2, 0.25) is 0 Å². The average molecular weight is 455 g/mol. The minimum Gasteiger partial charge on any atom is -0.508 e. The van der Waals surface area contributed by atoms with E-state index in [-0.39, 0.29) is 5.75 Å². The van der Waals surface area contributed by atoms with Gasteiger partial charge in [-0.15, -0.1) is 0 Å². The zero-order valence-corrected chi connectivity index (χ0v) is 16.7. The van der Waals surface area contributed by atoms with Gasteiger partial charge >= 0.3 is 5.97 Å². The van der Waals surface area contributed by atoms with Gasteiger partial charge in [-0.2, -0.15) is 5.48 Å². The second kappa shape index (κ2) is 8.53. The summed E-state index contributed by atoms with van der Waals surface area (Å²) in [6.45, 7) is 6.05. The van der Waals surface area contributed by atoms with Gasteiger partial charge in [-0.1, -0.05) is 18.2 Å². The highest BCUT2D eigenvalue weighted by Crippen LogP contribution is 2.26. The number of esters is 1. The molecule has 0 aliphatic carbocycles. The molecule has 0 spiro atoms. The molecule has 0 unspecified atom stereocenters. The van der Waals surface area contributed by atoms with Crippen LogP contribution < -0.4 is 10.3 Å². The van der Waals surface area contributed by atoms with Crippen LogP contribution in [0.3, 0.4) is 0 Å². The third-order valence-corrected chi connectivity index (χ3v) is 4.11. The summed E-state index contributed by atoms with van der Waals surface area (Å²) in [7, 11) is 0. The summed E-state index contributed by atoms with van der Waals surface area (Å²) >= 11 is 2.09. The Kier molecular flexibility index (Phi) is 6.66. The number of hydroxylamine groups is 1. The van der Waals surface area contributed by atoms with Gasteiger partial charge in [0.2, 0.25) is 0 Å². The van der Waals surface area contributed by atoms with Crippen LogP contribution in [0.1, 0.15) is 36.7 Å². The monoisotopic (exact) mass is 455 g/mol. The highest BCUT2D eigenvalue weighted by atomic mass is 127. The topological polar surface area (TPSA) is 67.8 Å². The molecule has 0 aliphatic heterocycles. The molecule has 134 valence electrons. The van der Waals surface area contributed by atoms with Crippen molar-refractivity contribution in [1.29, 1.82) is 0 Å². The molecule has 0 heterocycles. The third-order valence-electron chi connectivity index (χ3n) is 3.21. The molecular formula is C19H22INO4. The first-order chi connectivity index (χ1) is 11.8. The largest absolute Gasteiger partial charge is 0.508 e. The molecular weight excluding hydrogens is 433 g/mol. The molecule has 0 saturated heterocycles. The number of phenolic OH excluding ortho intramolecular Hbond substituents is 1. The number of nitrogens with one attached hydrogen (secondary N) is 1. The van der Waals surface area contributed by atoms with Gasteiger partial charge in [0, 0.05) is 10.1 Å². The summed E-state index contributed by atoms with van der Waals surface area (Å²) in [4.78, 5) is 18.0. The fraction of sp³-hybridized carbons (Fsp3) is 0.316.